The maximum Gasteiger partial charge on any atom is 0.416 e. The second-order valence-corrected chi connectivity index (χ2v) is 9.24. The molecular formula is C20H22F3NO3S. The molecule has 0 N–H and O–H groups in total. The zero-order valence-corrected chi connectivity index (χ0v) is 16.3. The minimum Gasteiger partial charge on any atom is -0.497 e. The van der Waals surface area contributed by atoms with Crippen molar-refractivity contribution in [2.75, 3.05) is 18.6 Å². The zero-order valence-electron chi connectivity index (χ0n) is 15.4. The maximum absolute atomic E-state index is 13.0. The predicted octanol–water partition coefficient (Wildman–Crippen LogP) is 3.90. The van der Waals surface area contributed by atoms with Gasteiger partial charge in [-0.1, -0.05) is 30.3 Å². The molecule has 0 bridgehead atoms. The van der Waals surface area contributed by atoms with Crippen LogP contribution in [0.3, 0.4) is 0 Å². The van der Waals surface area contributed by atoms with Gasteiger partial charge in [0, 0.05) is 19.1 Å². The van der Waals surface area contributed by atoms with E-state index in [1.807, 2.05) is 29.2 Å². The molecule has 0 aromatic heterocycles. The van der Waals surface area contributed by atoms with Crippen LogP contribution < -0.4 is 4.74 Å². The lowest BCUT2D eigenvalue weighted by molar-refractivity contribution is -0.137. The third kappa shape index (κ3) is 5.26. The molecule has 2 aromatic carbocycles. The van der Waals surface area contributed by atoms with Crippen molar-refractivity contribution in [2.24, 2.45) is 0 Å². The molecule has 0 radical (unpaired) electrons. The molecule has 0 aliphatic carbocycles. The molecule has 0 unspecified atom stereocenters. The van der Waals surface area contributed by atoms with Gasteiger partial charge in [0.15, 0.2) is 9.84 Å². The largest absolute Gasteiger partial charge is 0.497 e. The quantitative estimate of drug-likeness (QED) is 0.721. The molecule has 4 nitrogen and oxygen atoms in total. The van der Waals surface area contributed by atoms with Crippen molar-refractivity contribution in [1.82, 2.24) is 4.90 Å². The van der Waals surface area contributed by atoms with E-state index >= 15 is 0 Å². The van der Waals surface area contributed by atoms with E-state index in [1.165, 1.54) is 6.07 Å². The highest BCUT2D eigenvalue weighted by molar-refractivity contribution is 7.91. The van der Waals surface area contributed by atoms with Gasteiger partial charge < -0.3 is 4.74 Å². The normalized spacial score (nSPS) is 19.1. The van der Waals surface area contributed by atoms with Crippen molar-refractivity contribution in [2.45, 2.75) is 31.7 Å². The number of ether oxygens (including phenoxy) is 1. The van der Waals surface area contributed by atoms with Crippen molar-refractivity contribution in [3.63, 3.8) is 0 Å². The Morgan fingerprint density at radius 3 is 2.32 bits per heavy atom. The van der Waals surface area contributed by atoms with E-state index in [9.17, 15) is 21.6 Å². The van der Waals surface area contributed by atoms with E-state index in [2.05, 4.69) is 0 Å². The molecule has 8 heteroatoms. The van der Waals surface area contributed by atoms with Gasteiger partial charge in [-0.2, -0.15) is 13.2 Å². The first-order chi connectivity index (χ1) is 13.2. The first-order valence-corrected chi connectivity index (χ1v) is 10.7. The highest BCUT2D eigenvalue weighted by Gasteiger charge is 2.33. The van der Waals surface area contributed by atoms with Crippen LogP contribution in [0.1, 0.15) is 23.1 Å². The Labute approximate surface area is 162 Å². The predicted molar refractivity (Wildman–Crippen MR) is 101 cm³/mol. The number of methoxy groups -OCH3 is 1. The Kier molecular flexibility index (Phi) is 6.00. The highest BCUT2D eigenvalue weighted by atomic mass is 32.2. The lowest BCUT2D eigenvalue weighted by Gasteiger charge is -2.28. The monoisotopic (exact) mass is 413 g/mol. The van der Waals surface area contributed by atoms with Gasteiger partial charge in [-0.15, -0.1) is 0 Å². The number of benzene rings is 2. The highest BCUT2D eigenvalue weighted by Crippen LogP contribution is 2.30. The Hall–Kier alpha value is -2.06. The number of alkyl halides is 3. The van der Waals surface area contributed by atoms with Crippen molar-refractivity contribution in [3.8, 4) is 5.75 Å². The van der Waals surface area contributed by atoms with Crippen LogP contribution in [-0.4, -0.2) is 38.0 Å². The lowest BCUT2D eigenvalue weighted by Crippen LogP contribution is -2.35. The van der Waals surface area contributed by atoms with Crippen LogP contribution in [0.25, 0.3) is 0 Å². The zero-order chi connectivity index (χ0) is 20.4. The van der Waals surface area contributed by atoms with Gasteiger partial charge in [-0.25, -0.2) is 8.42 Å². The van der Waals surface area contributed by atoms with E-state index < -0.39 is 21.6 Å². The maximum atomic E-state index is 13.0. The minimum atomic E-state index is -4.41. The summed E-state index contributed by atoms with van der Waals surface area (Å²) in [6.45, 7) is 0.691. The molecule has 1 aliphatic rings. The molecule has 0 amide bonds. The van der Waals surface area contributed by atoms with Crippen molar-refractivity contribution >= 4 is 9.84 Å². The summed E-state index contributed by atoms with van der Waals surface area (Å²) in [6.07, 6.45) is -3.93. The molecule has 28 heavy (non-hydrogen) atoms. The summed E-state index contributed by atoms with van der Waals surface area (Å²) < 4.78 is 68.1. The van der Waals surface area contributed by atoms with E-state index in [-0.39, 0.29) is 24.1 Å². The van der Waals surface area contributed by atoms with Crippen LogP contribution in [0.5, 0.6) is 5.75 Å². The van der Waals surface area contributed by atoms with Crippen LogP contribution in [0.2, 0.25) is 0 Å². The summed E-state index contributed by atoms with van der Waals surface area (Å²) in [7, 11) is -1.54. The van der Waals surface area contributed by atoms with Crippen LogP contribution >= 0.6 is 0 Å². The standard InChI is InChI=1S/C20H22F3NO3S/c1-27-19-7-5-15(6-8-19)12-24(18-9-10-28(25,26)14-18)13-16-3-2-4-17(11-16)20(21,22)23/h2-8,11,18H,9-10,12-14H2,1H3/t18-/m0/s1. The van der Waals surface area contributed by atoms with Gasteiger partial charge in [-0.05, 0) is 35.7 Å². The van der Waals surface area contributed by atoms with Gasteiger partial charge in [0.25, 0.3) is 0 Å². The van der Waals surface area contributed by atoms with E-state index in [1.54, 1.807) is 13.2 Å². The van der Waals surface area contributed by atoms with Gasteiger partial charge in [0.1, 0.15) is 5.75 Å². The molecule has 2 aromatic rings. The van der Waals surface area contributed by atoms with Gasteiger partial charge in [-0.3, -0.25) is 4.90 Å². The summed E-state index contributed by atoms with van der Waals surface area (Å²) in [6, 6.07) is 12.3. The second-order valence-electron chi connectivity index (χ2n) is 7.01. The van der Waals surface area contributed by atoms with Crippen LogP contribution in [-0.2, 0) is 29.1 Å². The molecule has 0 saturated carbocycles. The SMILES string of the molecule is COc1ccc(CN(Cc2cccc(C(F)(F)F)c2)[C@H]2CCS(=O)(=O)C2)cc1. The summed E-state index contributed by atoms with van der Waals surface area (Å²) in [5, 5.41) is 0. The summed E-state index contributed by atoms with van der Waals surface area (Å²) >= 11 is 0. The first-order valence-electron chi connectivity index (χ1n) is 8.90. The van der Waals surface area contributed by atoms with Gasteiger partial charge in [0.2, 0.25) is 0 Å². The Morgan fingerprint density at radius 2 is 1.75 bits per heavy atom. The molecule has 1 saturated heterocycles. The lowest BCUT2D eigenvalue weighted by atomic mass is 10.1. The Balaban J connectivity index is 1.84. The van der Waals surface area contributed by atoms with Crippen LogP contribution in [0.4, 0.5) is 13.2 Å². The summed E-state index contributed by atoms with van der Waals surface area (Å²) in [4.78, 5) is 1.95. The first kappa shape index (κ1) is 20.7. The Bertz CT molecular complexity index is 911. The second kappa shape index (κ2) is 8.13. The third-order valence-electron chi connectivity index (χ3n) is 4.91. The molecule has 3 rings (SSSR count). The van der Waals surface area contributed by atoms with E-state index in [4.69, 9.17) is 4.74 Å². The van der Waals surface area contributed by atoms with Crippen LogP contribution in [0, 0.1) is 0 Å². The fourth-order valence-corrected chi connectivity index (χ4v) is 5.19. The van der Waals surface area contributed by atoms with Gasteiger partial charge >= 0.3 is 6.18 Å². The molecular weight excluding hydrogens is 391 g/mol. The van der Waals surface area contributed by atoms with Gasteiger partial charge in [0.05, 0.1) is 24.2 Å². The average Bonchev–Trinajstić information content (AvgIpc) is 3.01. The smallest absolute Gasteiger partial charge is 0.416 e. The summed E-state index contributed by atoms with van der Waals surface area (Å²) in [5.41, 5.74) is 0.748. The fraction of sp³-hybridized carbons (Fsp3) is 0.400. The molecule has 152 valence electrons. The molecule has 1 atom stereocenters. The van der Waals surface area contributed by atoms with E-state index in [0.29, 0.717) is 24.3 Å². The molecule has 1 fully saturated rings. The van der Waals surface area contributed by atoms with Crippen LogP contribution in [0.15, 0.2) is 48.5 Å². The van der Waals surface area contributed by atoms with Crippen molar-refractivity contribution < 1.29 is 26.3 Å². The van der Waals surface area contributed by atoms with E-state index in [0.717, 1.165) is 17.7 Å². The molecule has 1 heterocycles. The summed E-state index contributed by atoms with van der Waals surface area (Å²) in [5.74, 6) is 0.846. The number of halogens is 3. The third-order valence-corrected chi connectivity index (χ3v) is 6.66. The number of nitrogens with zero attached hydrogens (tertiary/aromatic N) is 1. The number of hydrogen-bond acceptors (Lipinski definition) is 4. The molecule has 1 aliphatic heterocycles. The number of sulfone groups is 1. The minimum absolute atomic E-state index is 0.0299. The topological polar surface area (TPSA) is 46.6 Å². The van der Waals surface area contributed by atoms with Crippen molar-refractivity contribution in [1.29, 1.82) is 0 Å². The Morgan fingerprint density at radius 1 is 1.07 bits per heavy atom. The average molecular weight is 413 g/mol. The molecule has 0 spiro atoms. The number of rotatable bonds is 6. The van der Waals surface area contributed by atoms with Crippen molar-refractivity contribution in [3.05, 3.63) is 65.2 Å². The number of hydrogen-bond donors (Lipinski definition) is 0. The fourth-order valence-electron chi connectivity index (χ4n) is 3.42.